The summed E-state index contributed by atoms with van der Waals surface area (Å²) >= 11 is 0. The third-order valence-corrected chi connectivity index (χ3v) is 2.88. The normalized spacial score (nSPS) is 9.93. The molecule has 0 unspecified atom stereocenters. The van der Waals surface area contributed by atoms with Crippen molar-refractivity contribution in [2.45, 2.75) is 34.1 Å². The van der Waals surface area contributed by atoms with Gasteiger partial charge in [0.15, 0.2) is 0 Å². The number of aromatic nitrogens is 1. The molecule has 0 saturated carbocycles. The molecule has 1 heterocycles. The van der Waals surface area contributed by atoms with Crippen molar-refractivity contribution in [1.29, 1.82) is 0 Å². The van der Waals surface area contributed by atoms with Gasteiger partial charge >= 0.3 is 0 Å². The van der Waals surface area contributed by atoms with Crippen LogP contribution in [0.4, 0.5) is 0 Å². The Kier molecular flexibility index (Phi) is 3.96. The molecule has 0 aliphatic heterocycles. The minimum absolute atomic E-state index is 1.12. The number of para-hydroxylation sites is 1. The zero-order valence-electron chi connectivity index (χ0n) is 10.5. The largest absolute Gasteiger partial charge is 0.348 e. The first-order chi connectivity index (χ1) is 7.25. The molecule has 2 aromatic rings. The minimum Gasteiger partial charge on any atom is -0.348 e. The van der Waals surface area contributed by atoms with E-state index in [0.717, 1.165) is 6.42 Å². The third kappa shape index (κ3) is 1.92. The predicted octanol–water partition coefficient (Wildman–Crippen LogP) is 4.08. The Morgan fingerprint density at radius 2 is 1.73 bits per heavy atom. The van der Waals surface area contributed by atoms with Crippen LogP contribution in [0.15, 0.2) is 24.3 Å². The second-order valence-corrected chi connectivity index (χ2v) is 3.49. The van der Waals surface area contributed by atoms with Gasteiger partial charge in [0.25, 0.3) is 0 Å². The molecule has 0 atom stereocenters. The summed E-state index contributed by atoms with van der Waals surface area (Å²) in [6.07, 6.45) is 1.12. The lowest BCUT2D eigenvalue weighted by Crippen LogP contribution is -1.91. The number of rotatable bonds is 1. The summed E-state index contributed by atoms with van der Waals surface area (Å²) in [5.41, 5.74) is 4.22. The Morgan fingerprint density at radius 3 is 2.33 bits per heavy atom. The van der Waals surface area contributed by atoms with Crippen LogP contribution in [-0.2, 0) is 13.5 Å². The van der Waals surface area contributed by atoms with Gasteiger partial charge < -0.3 is 4.57 Å². The fourth-order valence-electron chi connectivity index (χ4n) is 2.05. The Balaban J connectivity index is 0.000000531. The Morgan fingerprint density at radius 1 is 1.13 bits per heavy atom. The van der Waals surface area contributed by atoms with E-state index in [1.54, 1.807) is 0 Å². The number of hydrogen-bond acceptors (Lipinski definition) is 0. The first-order valence-electron chi connectivity index (χ1n) is 5.78. The monoisotopic (exact) mass is 203 g/mol. The SMILES string of the molecule is CC.CCc1c(C)n(C)c2ccccc12. The van der Waals surface area contributed by atoms with Crippen molar-refractivity contribution in [2.75, 3.05) is 0 Å². The van der Waals surface area contributed by atoms with Gasteiger partial charge in [0.05, 0.1) is 0 Å². The molecule has 0 radical (unpaired) electrons. The van der Waals surface area contributed by atoms with Gasteiger partial charge in [-0.25, -0.2) is 0 Å². The standard InChI is InChI=1S/C12H15N.C2H6/c1-4-10-9(2)13(3)12-8-6-5-7-11(10)12;1-2/h5-8H,4H2,1-3H3;1-2H3. The Bertz CT molecular complexity index is 438. The van der Waals surface area contributed by atoms with E-state index in [1.807, 2.05) is 13.8 Å². The van der Waals surface area contributed by atoms with E-state index in [9.17, 15) is 0 Å². The Labute approximate surface area is 92.7 Å². The fourth-order valence-corrected chi connectivity index (χ4v) is 2.05. The summed E-state index contributed by atoms with van der Waals surface area (Å²) in [5, 5.41) is 1.41. The van der Waals surface area contributed by atoms with Crippen molar-refractivity contribution < 1.29 is 0 Å². The van der Waals surface area contributed by atoms with E-state index in [-0.39, 0.29) is 0 Å². The van der Waals surface area contributed by atoms with E-state index in [1.165, 1.54) is 22.2 Å². The highest BCUT2D eigenvalue weighted by molar-refractivity contribution is 5.85. The zero-order chi connectivity index (χ0) is 11.4. The van der Waals surface area contributed by atoms with Gasteiger partial charge in [0, 0.05) is 23.6 Å². The fraction of sp³-hybridized carbons (Fsp3) is 0.429. The molecule has 0 amide bonds. The van der Waals surface area contributed by atoms with Crippen molar-refractivity contribution >= 4 is 10.9 Å². The molecule has 0 fully saturated rings. The maximum absolute atomic E-state index is 2.27. The van der Waals surface area contributed by atoms with Crippen molar-refractivity contribution in [1.82, 2.24) is 4.57 Å². The summed E-state index contributed by atoms with van der Waals surface area (Å²) in [5.74, 6) is 0. The highest BCUT2D eigenvalue weighted by atomic mass is 14.9. The number of nitrogens with zero attached hydrogens (tertiary/aromatic N) is 1. The molecule has 1 heteroatoms. The molecule has 0 N–H and O–H groups in total. The van der Waals surface area contributed by atoms with Gasteiger partial charge in [-0.3, -0.25) is 0 Å². The number of benzene rings is 1. The van der Waals surface area contributed by atoms with E-state index in [4.69, 9.17) is 0 Å². The molecular formula is C14H21N. The molecule has 1 aromatic heterocycles. The van der Waals surface area contributed by atoms with Crippen LogP contribution in [0, 0.1) is 6.92 Å². The number of hydrogen-bond donors (Lipinski definition) is 0. The first kappa shape index (κ1) is 11.8. The summed E-state index contributed by atoms with van der Waals surface area (Å²) in [6, 6.07) is 8.60. The van der Waals surface area contributed by atoms with Gasteiger partial charge in [-0.2, -0.15) is 0 Å². The number of aryl methyl sites for hydroxylation is 2. The van der Waals surface area contributed by atoms with Gasteiger partial charge in [0.1, 0.15) is 0 Å². The van der Waals surface area contributed by atoms with Crippen LogP contribution < -0.4 is 0 Å². The summed E-state index contributed by atoms with van der Waals surface area (Å²) in [6.45, 7) is 8.41. The van der Waals surface area contributed by atoms with E-state index in [2.05, 4.69) is 49.7 Å². The summed E-state index contributed by atoms with van der Waals surface area (Å²) < 4.78 is 2.27. The zero-order valence-corrected chi connectivity index (χ0v) is 10.5. The van der Waals surface area contributed by atoms with Crippen LogP contribution >= 0.6 is 0 Å². The smallest absolute Gasteiger partial charge is 0.0482 e. The molecular weight excluding hydrogens is 182 g/mol. The quantitative estimate of drug-likeness (QED) is 0.658. The van der Waals surface area contributed by atoms with Crippen molar-refractivity contribution in [3.63, 3.8) is 0 Å². The maximum Gasteiger partial charge on any atom is 0.0482 e. The molecule has 0 aliphatic rings. The maximum atomic E-state index is 2.27. The summed E-state index contributed by atoms with van der Waals surface area (Å²) in [7, 11) is 2.14. The average Bonchev–Trinajstić information content (AvgIpc) is 2.55. The van der Waals surface area contributed by atoms with Crippen LogP contribution in [-0.4, -0.2) is 4.57 Å². The molecule has 2 rings (SSSR count). The second-order valence-electron chi connectivity index (χ2n) is 3.49. The molecule has 15 heavy (non-hydrogen) atoms. The van der Waals surface area contributed by atoms with Crippen molar-refractivity contribution in [3.05, 3.63) is 35.5 Å². The first-order valence-corrected chi connectivity index (χ1v) is 5.78. The van der Waals surface area contributed by atoms with Crippen molar-refractivity contribution in [3.8, 4) is 0 Å². The lowest BCUT2D eigenvalue weighted by Gasteiger charge is -1.97. The molecule has 1 nitrogen and oxygen atoms in total. The summed E-state index contributed by atoms with van der Waals surface area (Å²) in [4.78, 5) is 0. The molecule has 1 aromatic carbocycles. The van der Waals surface area contributed by atoms with Crippen LogP contribution in [0.3, 0.4) is 0 Å². The van der Waals surface area contributed by atoms with Gasteiger partial charge in [-0.05, 0) is 25.0 Å². The van der Waals surface area contributed by atoms with Crippen molar-refractivity contribution in [2.24, 2.45) is 7.05 Å². The van der Waals surface area contributed by atoms with Gasteiger partial charge in [-0.15, -0.1) is 0 Å². The second kappa shape index (κ2) is 5.01. The van der Waals surface area contributed by atoms with E-state index >= 15 is 0 Å². The highest BCUT2D eigenvalue weighted by Crippen LogP contribution is 2.24. The van der Waals surface area contributed by atoms with E-state index in [0.29, 0.717) is 0 Å². The molecule has 0 saturated heterocycles. The van der Waals surface area contributed by atoms with E-state index < -0.39 is 0 Å². The number of fused-ring (bicyclic) bond motifs is 1. The molecule has 0 bridgehead atoms. The molecule has 82 valence electrons. The predicted molar refractivity (Wildman–Crippen MR) is 68.4 cm³/mol. The minimum atomic E-state index is 1.12. The van der Waals surface area contributed by atoms with Crippen LogP contribution in [0.2, 0.25) is 0 Å². The van der Waals surface area contributed by atoms with Gasteiger partial charge in [0.2, 0.25) is 0 Å². The molecule has 0 aliphatic carbocycles. The van der Waals surface area contributed by atoms with Crippen LogP contribution in [0.1, 0.15) is 32.0 Å². The highest BCUT2D eigenvalue weighted by Gasteiger charge is 2.08. The van der Waals surface area contributed by atoms with Crippen LogP contribution in [0.5, 0.6) is 0 Å². The Hall–Kier alpha value is -1.24. The van der Waals surface area contributed by atoms with Crippen LogP contribution in [0.25, 0.3) is 10.9 Å². The molecule has 0 spiro atoms. The third-order valence-electron chi connectivity index (χ3n) is 2.88. The van der Waals surface area contributed by atoms with Gasteiger partial charge in [-0.1, -0.05) is 39.0 Å². The lowest BCUT2D eigenvalue weighted by atomic mass is 10.1. The lowest BCUT2D eigenvalue weighted by molar-refractivity contribution is 0.899. The average molecular weight is 203 g/mol. The topological polar surface area (TPSA) is 4.93 Å².